The fraction of sp³-hybridized carbons (Fsp3) is 0.667. The quantitative estimate of drug-likeness (QED) is 0.313. The van der Waals surface area contributed by atoms with Gasteiger partial charge in [0, 0.05) is 5.57 Å². The van der Waals surface area contributed by atoms with E-state index < -0.39 is 18.2 Å². The molecule has 2 heterocycles. The van der Waals surface area contributed by atoms with E-state index in [2.05, 4.69) is 13.5 Å². The van der Waals surface area contributed by atoms with Gasteiger partial charge in [-0.1, -0.05) is 18.2 Å². The van der Waals surface area contributed by atoms with Crippen molar-refractivity contribution in [2.75, 3.05) is 0 Å². The van der Waals surface area contributed by atoms with Gasteiger partial charge < -0.3 is 14.6 Å². The van der Waals surface area contributed by atoms with Gasteiger partial charge in [0.1, 0.15) is 12.2 Å². The van der Waals surface area contributed by atoms with Crippen molar-refractivity contribution in [1.29, 1.82) is 0 Å². The molecule has 4 heteroatoms. The minimum atomic E-state index is -0.726. The lowest BCUT2D eigenvalue weighted by atomic mass is 9.83. The highest BCUT2D eigenvalue weighted by molar-refractivity contribution is 5.91. The number of aliphatic hydroxyl groups excluding tert-OH is 1. The molecule has 3 rings (SSSR count). The molecule has 0 aromatic carbocycles. The summed E-state index contributed by atoms with van der Waals surface area (Å²) >= 11 is 0. The van der Waals surface area contributed by atoms with Crippen LogP contribution in [0.1, 0.15) is 33.1 Å². The number of hydrogen-bond donors (Lipinski definition) is 1. The minimum absolute atomic E-state index is 0.109. The van der Waals surface area contributed by atoms with Crippen LogP contribution in [0.3, 0.4) is 0 Å². The van der Waals surface area contributed by atoms with Crippen LogP contribution in [0.2, 0.25) is 0 Å². The van der Waals surface area contributed by atoms with Gasteiger partial charge in [-0.05, 0) is 33.1 Å². The topological polar surface area (TPSA) is 59.1 Å². The minimum Gasteiger partial charge on any atom is -0.455 e. The number of carbonyl (C=O) groups is 1. The van der Waals surface area contributed by atoms with Crippen molar-refractivity contribution in [2.24, 2.45) is 5.92 Å². The van der Waals surface area contributed by atoms with Crippen LogP contribution in [0.25, 0.3) is 0 Å². The summed E-state index contributed by atoms with van der Waals surface area (Å²) in [6.45, 7) is 7.84. The third kappa shape index (κ3) is 2.03. The molecule has 3 aliphatic rings. The summed E-state index contributed by atoms with van der Waals surface area (Å²) in [7, 11) is 0. The summed E-state index contributed by atoms with van der Waals surface area (Å²) < 4.78 is 11.2. The van der Waals surface area contributed by atoms with E-state index in [1.165, 1.54) is 0 Å². The first kappa shape index (κ1) is 12.9. The van der Waals surface area contributed by atoms with E-state index in [0.29, 0.717) is 5.57 Å². The molecule has 0 aromatic rings. The molecular weight excluding hydrogens is 244 g/mol. The Kier molecular flexibility index (Phi) is 2.84. The Morgan fingerprint density at radius 2 is 2.26 bits per heavy atom. The van der Waals surface area contributed by atoms with Crippen molar-refractivity contribution >= 4 is 5.97 Å². The lowest BCUT2D eigenvalue weighted by molar-refractivity contribution is -0.140. The molecule has 104 valence electrons. The summed E-state index contributed by atoms with van der Waals surface area (Å²) in [5.74, 6) is -0.787. The van der Waals surface area contributed by atoms with Gasteiger partial charge in [0.2, 0.25) is 0 Å². The van der Waals surface area contributed by atoms with Crippen LogP contribution in [-0.2, 0) is 14.3 Å². The van der Waals surface area contributed by atoms with Gasteiger partial charge in [0.15, 0.2) is 0 Å². The molecule has 5 atom stereocenters. The van der Waals surface area contributed by atoms with E-state index >= 15 is 0 Å². The molecule has 0 spiro atoms. The smallest absolute Gasteiger partial charge is 0.334 e. The number of carbonyl (C=O) groups excluding carboxylic acids is 1. The largest absolute Gasteiger partial charge is 0.455 e. The first-order valence-corrected chi connectivity index (χ1v) is 6.85. The molecule has 2 fully saturated rings. The van der Waals surface area contributed by atoms with Crippen LogP contribution in [-0.4, -0.2) is 35.0 Å². The van der Waals surface area contributed by atoms with Gasteiger partial charge in [-0.15, -0.1) is 0 Å². The summed E-state index contributed by atoms with van der Waals surface area (Å²) in [6, 6.07) is 0. The second-order valence-corrected chi connectivity index (χ2v) is 6.13. The molecule has 2 aliphatic heterocycles. The van der Waals surface area contributed by atoms with Gasteiger partial charge in [-0.3, -0.25) is 0 Å². The van der Waals surface area contributed by atoms with Gasteiger partial charge >= 0.3 is 5.97 Å². The Balaban J connectivity index is 1.95. The maximum Gasteiger partial charge on any atom is 0.334 e. The summed E-state index contributed by atoms with van der Waals surface area (Å²) in [5.41, 5.74) is 1.28. The maximum absolute atomic E-state index is 11.7. The number of epoxide rings is 1. The molecule has 0 bridgehead atoms. The number of rotatable bonds is 0. The fourth-order valence-corrected chi connectivity index (χ4v) is 3.33. The zero-order chi connectivity index (χ0) is 13.8. The molecular formula is C15H20O4. The Morgan fingerprint density at radius 3 is 3.00 bits per heavy atom. The van der Waals surface area contributed by atoms with Crippen LogP contribution < -0.4 is 0 Å². The number of esters is 1. The van der Waals surface area contributed by atoms with Crippen molar-refractivity contribution in [1.82, 2.24) is 0 Å². The number of hydrogen-bond acceptors (Lipinski definition) is 4. The van der Waals surface area contributed by atoms with Crippen molar-refractivity contribution in [3.63, 3.8) is 0 Å². The zero-order valence-corrected chi connectivity index (χ0v) is 11.4. The number of aliphatic hydroxyl groups is 1. The molecule has 19 heavy (non-hydrogen) atoms. The molecule has 1 N–H and O–H groups in total. The van der Waals surface area contributed by atoms with E-state index in [9.17, 15) is 9.90 Å². The average Bonchev–Trinajstić information content (AvgIpc) is 2.89. The van der Waals surface area contributed by atoms with Crippen molar-refractivity contribution < 1.29 is 19.4 Å². The molecule has 2 saturated heterocycles. The Bertz CT molecular complexity index is 467. The van der Waals surface area contributed by atoms with Crippen LogP contribution >= 0.6 is 0 Å². The number of ether oxygens (including phenoxy) is 2. The third-order valence-corrected chi connectivity index (χ3v) is 4.57. The molecule has 0 amide bonds. The standard InChI is InChI=1S/C15H20O4/c1-8-5-4-6-15(3)13(19-15)12-11(10(16)7-8)9(2)14(17)18-12/h7,10-13,16H,2,4-6H2,1,3H3/b8-7+/t10-,11-,12-,13-,15+/m0/s1. The normalized spacial score (nSPS) is 48.7. The van der Waals surface area contributed by atoms with Gasteiger partial charge in [-0.2, -0.15) is 0 Å². The van der Waals surface area contributed by atoms with Crippen LogP contribution in [0.5, 0.6) is 0 Å². The Labute approximate surface area is 113 Å². The summed E-state index contributed by atoms with van der Waals surface area (Å²) in [4.78, 5) is 11.7. The van der Waals surface area contributed by atoms with E-state index in [1.807, 2.05) is 13.0 Å². The monoisotopic (exact) mass is 264 g/mol. The zero-order valence-electron chi connectivity index (χ0n) is 11.4. The molecule has 0 radical (unpaired) electrons. The lowest BCUT2D eigenvalue weighted by Crippen LogP contribution is -2.35. The lowest BCUT2D eigenvalue weighted by Gasteiger charge is -2.22. The number of fused-ring (bicyclic) bond motifs is 3. The second kappa shape index (κ2) is 4.18. The fourth-order valence-electron chi connectivity index (χ4n) is 3.33. The molecule has 1 aliphatic carbocycles. The molecule has 4 nitrogen and oxygen atoms in total. The van der Waals surface area contributed by atoms with Crippen molar-refractivity contribution in [2.45, 2.75) is 57.0 Å². The predicted molar refractivity (Wildman–Crippen MR) is 69.4 cm³/mol. The van der Waals surface area contributed by atoms with E-state index in [-0.39, 0.29) is 17.6 Å². The summed E-state index contributed by atoms with van der Waals surface area (Å²) in [5, 5.41) is 10.4. The van der Waals surface area contributed by atoms with Gasteiger partial charge in [-0.25, -0.2) is 4.79 Å². The van der Waals surface area contributed by atoms with Crippen LogP contribution in [0, 0.1) is 5.92 Å². The van der Waals surface area contributed by atoms with Crippen LogP contribution in [0.4, 0.5) is 0 Å². The first-order valence-electron chi connectivity index (χ1n) is 6.85. The average molecular weight is 264 g/mol. The van der Waals surface area contributed by atoms with Gasteiger partial charge in [0.05, 0.1) is 17.6 Å². The highest BCUT2D eigenvalue weighted by Crippen LogP contribution is 2.49. The third-order valence-electron chi connectivity index (χ3n) is 4.57. The van der Waals surface area contributed by atoms with Crippen molar-refractivity contribution in [3.05, 3.63) is 23.8 Å². The molecule has 0 unspecified atom stereocenters. The molecule has 0 aromatic heterocycles. The Morgan fingerprint density at radius 1 is 1.53 bits per heavy atom. The first-order chi connectivity index (χ1) is 8.92. The SMILES string of the molecule is C=C1C(=O)O[C@H]2[C@@H]1[C@@H](O)/C=C(\C)CCC[C@@]1(C)O[C@@H]21. The van der Waals surface area contributed by atoms with Gasteiger partial charge in [0.25, 0.3) is 0 Å². The highest BCUT2D eigenvalue weighted by Gasteiger charge is 2.62. The molecule has 0 saturated carbocycles. The predicted octanol–water partition coefficient (Wildman–Crippen LogP) is 1.73. The van der Waals surface area contributed by atoms with E-state index in [0.717, 1.165) is 24.8 Å². The second-order valence-electron chi connectivity index (χ2n) is 6.13. The van der Waals surface area contributed by atoms with E-state index in [4.69, 9.17) is 9.47 Å². The summed E-state index contributed by atoms with van der Waals surface area (Å²) in [6.07, 6.45) is 3.51. The highest BCUT2D eigenvalue weighted by atomic mass is 16.6. The van der Waals surface area contributed by atoms with Crippen LogP contribution in [0.15, 0.2) is 23.8 Å². The van der Waals surface area contributed by atoms with E-state index in [1.54, 1.807) is 0 Å². The van der Waals surface area contributed by atoms with Crippen molar-refractivity contribution in [3.8, 4) is 0 Å². The maximum atomic E-state index is 11.7. The number of allylic oxidation sites excluding steroid dienone is 1. The Hall–Kier alpha value is -1.13.